The van der Waals surface area contributed by atoms with Crippen LogP contribution in [0.4, 0.5) is 11.5 Å². The first-order valence-corrected chi connectivity index (χ1v) is 5.47. The molecule has 0 aromatic carbocycles. The predicted octanol–water partition coefficient (Wildman–Crippen LogP) is 1.61. The normalized spacial score (nSPS) is 10.3. The van der Waals surface area contributed by atoms with Crippen LogP contribution >= 0.6 is 0 Å². The lowest BCUT2D eigenvalue weighted by atomic mass is 10.2. The highest BCUT2D eigenvalue weighted by atomic mass is 16.6. The van der Waals surface area contributed by atoms with Gasteiger partial charge in [0, 0.05) is 31.5 Å². The van der Waals surface area contributed by atoms with Gasteiger partial charge in [0.2, 0.25) is 0 Å². The number of nitro groups is 1. The van der Waals surface area contributed by atoms with Crippen molar-refractivity contribution in [3.8, 4) is 0 Å². The molecule has 2 aromatic heterocycles. The maximum atomic E-state index is 10.6. The number of nitrogens with zero attached hydrogens (tertiary/aromatic N) is 4. The second-order valence-electron chi connectivity index (χ2n) is 3.84. The summed E-state index contributed by atoms with van der Waals surface area (Å²) < 4.78 is 1.94. The third-order valence-electron chi connectivity index (χ3n) is 2.50. The maximum Gasteiger partial charge on any atom is 0.287 e. The van der Waals surface area contributed by atoms with Crippen molar-refractivity contribution < 1.29 is 4.92 Å². The van der Waals surface area contributed by atoms with Crippen molar-refractivity contribution in [2.45, 2.75) is 13.5 Å². The zero-order valence-corrected chi connectivity index (χ0v) is 9.91. The summed E-state index contributed by atoms with van der Waals surface area (Å²) in [4.78, 5) is 18.1. The van der Waals surface area contributed by atoms with Gasteiger partial charge in [0.1, 0.15) is 12.0 Å². The van der Waals surface area contributed by atoms with Gasteiger partial charge in [-0.1, -0.05) is 0 Å². The van der Waals surface area contributed by atoms with Crippen LogP contribution in [-0.2, 0) is 6.54 Å². The highest BCUT2D eigenvalue weighted by Gasteiger charge is 2.08. The first-order chi connectivity index (χ1) is 8.66. The van der Waals surface area contributed by atoms with Crippen LogP contribution in [0.15, 0.2) is 31.0 Å². The monoisotopic (exact) mass is 247 g/mol. The lowest BCUT2D eigenvalue weighted by Crippen LogP contribution is -2.11. The molecule has 18 heavy (non-hydrogen) atoms. The van der Waals surface area contributed by atoms with Crippen molar-refractivity contribution in [3.05, 3.63) is 46.7 Å². The molecule has 2 aromatic rings. The van der Waals surface area contributed by atoms with Gasteiger partial charge in [-0.05, 0) is 12.5 Å². The minimum Gasteiger partial charge on any atom is -0.368 e. The van der Waals surface area contributed by atoms with E-state index in [-0.39, 0.29) is 5.69 Å². The number of aromatic nitrogens is 3. The molecule has 0 saturated heterocycles. The summed E-state index contributed by atoms with van der Waals surface area (Å²) in [5.74, 6) is 0.667. The number of imidazole rings is 1. The summed E-state index contributed by atoms with van der Waals surface area (Å²) in [6, 6.07) is 1.51. The number of hydrogen-bond acceptors (Lipinski definition) is 5. The van der Waals surface area contributed by atoms with Crippen molar-refractivity contribution in [1.29, 1.82) is 0 Å². The van der Waals surface area contributed by atoms with Crippen LogP contribution in [0.1, 0.15) is 5.56 Å². The van der Waals surface area contributed by atoms with Gasteiger partial charge in [-0.15, -0.1) is 0 Å². The van der Waals surface area contributed by atoms with Crippen LogP contribution in [0.5, 0.6) is 0 Å². The van der Waals surface area contributed by atoms with E-state index in [9.17, 15) is 10.1 Å². The highest BCUT2D eigenvalue weighted by Crippen LogP contribution is 2.17. The molecule has 1 N–H and O–H groups in total. The van der Waals surface area contributed by atoms with E-state index in [1.807, 2.05) is 10.8 Å². The van der Waals surface area contributed by atoms with E-state index in [4.69, 9.17) is 0 Å². The van der Waals surface area contributed by atoms with Crippen molar-refractivity contribution in [3.63, 3.8) is 0 Å². The maximum absolute atomic E-state index is 10.6. The third kappa shape index (κ3) is 2.82. The molecule has 0 spiro atoms. The van der Waals surface area contributed by atoms with Crippen LogP contribution in [-0.4, -0.2) is 26.0 Å². The second kappa shape index (κ2) is 5.26. The van der Waals surface area contributed by atoms with Gasteiger partial charge >= 0.3 is 0 Å². The average Bonchev–Trinajstić information content (AvgIpc) is 2.84. The molecule has 0 aliphatic carbocycles. The number of nitrogens with one attached hydrogen (secondary N) is 1. The fourth-order valence-electron chi connectivity index (χ4n) is 1.57. The molecule has 0 bridgehead atoms. The average molecular weight is 247 g/mol. The number of pyridine rings is 1. The largest absolute Gasteiger partial charge is 0.368 e. The third-order valence-corrected chi connectivity index (χ3v) is 2.50. The van der Waals surface area contributed by atoms with E-state index in [2.05, 4.69) is 15.3 Å². The van der Waals surface area contributed by atoms with E-state index in [0.717, 1.165) is 12.1 Å². The Balaban J connectivity index is 1.95. The number of hydrogen-bond donors (Lipinski definition) is 1. The van der Waals surface area contributed by atoms with E-state index < -0.39 is 4.92 Å². The predicted molar refractivity (Wildman–Crippen MR) is 66.3 cm³/mol. The quantitative estimate of drug-likeness (QED) is 0.640. The van der Waals surface area contributed by atoms with Gasteiger partial charge < -0.3 is 9.88 Å². The Bertz CT molecular complexity index is 538. The van der Waals surface area contributed by atoms with Crippen LogP contribution in [0, 0.1) is 17.0 Å². The lowest BCUT2D eigenvalue weighted by molar-refractivity contribution is -0.385. The summed E-state index contributed by atoms with van der Waals surface area (Å²) >= 11 is 0. The minimum absolute atomic E-state index is 0.00709. The SMILES string of the molecule is Cc1cc([N+](=O)[O-])cnc1NCCn1ccnc1. The zero-order valence-electron chi connectivity index (χ0n) is 9.91. The molecule has 2 rings (SSSR count). The Labute approximate surface area is 104 Å². The molecule has 0 saturated carbocycles. The minimum atomic E-state index is -0.449. The van der Waals surface area contributed by atoms with Gasteiger partial charge in [-0.3, -0.25) is 10.1 Å². The van der Waals surface area contributed by atoms with Crippen LogP contribution < -0.4 is 5.32 Å². The van der Waals surface area contributed by atoms with Gasteiger partial charge in [0.05, 0.1) is 11.3 Å². The first-order valence-electron chi connectivity index (χ1n) is 5.47. The summed E-state index contributed by atoms with van der Waals surface area (Å²) in [5.41, 5.74) is 0.766. The molecular formula is C11H13N5O2. The van der Waals surface area contributed by atoms with E-state index >= 15 is 0 Å². The molecule has 0 unspecified atom stereocenters. The zero-order chi connectivity index (χ0) is 13.0. The van der Waals surface area contributed by atoms with Crippen LogP contribution in [0.2, 0.25) is 0 Å². The summed E-state index contributed by atoms with van der Waals surface area (Å²) in [7, 11) is 0. The Hall–Kier alpha value is -2.44. The molecule has 0 atom stereocenters. The topological polar surface area (TPSA) is 85.9 Å². The van der Waals surface area contributed by atoms with Crippen molar-refractivity contribution in [2.75, 3.05) is 11.9 Å². The lowest BCUT2D eigenvalue weighted by Gasteiger charge is -2.08. The number of anilines is 1. The Morgan fingerprint density at radius 1 is 1.56 bits per heavy atom. The molecule has 0 radical (unpaired) electrons. The molecule has 94 valence electrons. The highest BCUT2D eigenvalue weighted by molar-refractivity contribution is 5.48. The van der Waals surface area contributed by atoms with Gasteiger partial charge in [-0.2, -0.15) is 0 Å². The molecule has 0 amide bonds. The standard InChI is InChI=1S/C11H13N5O2/c1-9-6-10(16(17)18)7-14-11(9)13-3-5-15-4-2-12-8-15/h2,4,6-8H,3,5H2,1H3,(H,13,14). The Morgan fingerprint density at radius 2 is 2.39 bits per heavy atom. The van der Waals surface area contributed by atoms with Gasteiger partial charge in [-0.25, -0.2) is 9.97 Å². The summed E-state index contributed by atoms with van der Waals surface area (Å²) in [5, 5.41) is 13.7. The number of aryl methyl sites for hydroxylation is 1. The smallest absolute Gasteiger partial charge is 0.287 e. The van der Waals surface area contributed by atoms with Crippen molar-refractivity contribution in [1.82, 2.24) is 14.5 Å². The second-order valence-corrected chi connectivity index (χ2v) is 3.84. The number of rotatable bonds is 5. The molecule has 0 aliphatic heterocycles. The fourth-order valence-corrected chi connectivity index (χ4v) is 1.57. The Morgan fingerprint density at radius 3 is 3.00 bits per heavy atom. The Kier molecular flexibility index (Phi) is 3.52. The molecule has 7 nitrogen and oxygen atoms in total. The van der Waals surface area contributed by atoms with Gasteiger partial charge in [0.15, 0.2) is 0 Å². The summed E-state index contributed by atoms with van der Waals surface area (Å²) in [6.45, 7) is 3.24. The molecular weight excluding hydrogens is 234 g/mol. The van der Waals surface area contributed by atoms with E-state index in [0.29, 0.717) is 12.4 Å². The van der Waals surface area contributed by atoms with E-state index in [1.54, 1.807) is 19.4 Å². The van der Waals surface area contributed by atoms with E-state index in [1.165, 1.54) is 12.3 Å². The molecule has 0 fully saturated rings. The van der Waals surface area contributed by atoms with Crippen molar-refractivity contribution >= 4 is 11.5 Å². The van der Waals surface area contributed by atoms with Crippen LogP contribution in [0.25, 0.3) is 0 Å². The summed E-state index contributed by atoms with van der Waals surface area (Å²) in [6.07, 6.45) is 6.58. The molecule has 7 heteroatoms. The first kappa shape index (κ1) is 12.0. The van der Waals surface area contributed by atoms with Crippen LogP contribution in [0.3, 0.4) is 0 Å². The van der Waals surface area contributed by atoms with Gasteiger partial charge in [0.25, 0.3) is 5.69 Å². The molecule has 2 heterocycles. The fraction of sp³-hybridized carbons (Fsp3) is 0.273. The molecule has 0 aliphatic rings. The van der Waals surface area contributed by atoms with Crippen molar-refractivity contribution in [2.24, 2.45) is 0 Å².